The summed E-state index contributed by atoms with van der Waals surface area (Å²) in [6, 6.07) is 52.6. The molecule has 3 N–H and O–H groups in total. The summed E-state index contributed by atoms with van der Waals surface area (Å²) in [7, 11) is 3.96. The van der Waals surface area contributed by atoms with Crippen molar-refractivity contribution < 1.29 is 43.0 Å². The Balaban J connectivity index is 0.000000170. The van der Waals surface area contributed by atoms with E-state index in [1.165, 1.54) is 21.3 Å². The molecule has 396 valence electrons. The smallest absolute Gasteiger partial charge is 0.340 e. The van der Waals surface area contributed by atoms with Crippen molar-refractivity contribution in [2.45, 2.75) is 60.8 Å². The number of esters is 3. The van der Waals surface area contributed by atoms with Gasteiger partial charge in [0.1, 0.15) is 0 Å². The number of carbonyl (C=O) groups is 6. The quantitative estimate of drug-likeness (QED) is 0.0512. The average molecular weight is 1040 g/mol. The number of hydrogen-bond donors (Lipinski definition) is 3. The number of ketones is 3. The van der Waals surface area contributed by atoms with E-state index >= 15 is 0 Å². The molecule has 3 heterocycles. The van der Waals surface area contributed by atoms with Crippen LogP contribution in [0.15, 0.2) is 164 Å². The Morgan fingerprint density at radius 3 is 0.731 bits per heavy atom. The Kier molecular flexibility index (Phi) is 18.7. The SMILES string of the molecule is COC(=O)c1c(C)[nH]c(C)c1C(=O)c1ccccc1Cc1ccccc1.COC(=O)c1c(C)[nH]c(C)c1C(=O)c1ccccc1Cc1ccccc1.COC(=O)c1c(C)[nH]c(C)c1C(=O)c1ccccc1Cc1ccccc1. The number of hydrogen-bond acceptors (Lipinski definition) is 9. The zero-order valence-corrected chi connectivity index (χ0v) is 45.4. The first kappa shape index (κ1) is 56.3. The zero-order valence-electron chi connectivity index (χ0n) is 45.4. The topological polar surface area (TPSA) is 177 Å². The van der Waals surface area contributed by atoms with Gasteiger partial charge in [-0.05, 0) is 94.2 Å². The summed E-state index contributed by atoms with van der Waals surface area (Å²) >= 11 is 0. The number of aryl methyl sites for hydroxylation is 6. The molecule has 12 nitrogen and oxygen atoms in total. The summed E-state index contributed by atoms with van der Waals surface area (Å²) in [5, 5.41) is 0. The van der Waals surface area contributed by atoms with E-state index in [1.807, 2.05) is 164 Å². The molecular formula is C66H63N3O9. The Morgan fingerprint density at radius 1 is 0.295 bits per heavy atom. The molecule has 6 aromatic carbocycles. The van der Waals surface area contributed by atoms with E-state index < -0.39 is 17.9 Å². The third-order valence-electron chi connectivity index (χ3n) is 13.5. The third-order valence-corrected chi connectivity index (χ3v) is 13.5. The fourth-order valence-corrected chi connectivity index (χ4v) is 9.81. The van der Waals surface area contributed by atoms with E-state index in [2.05, 4.69) is 15.0 Å². The maximum absolute atomic E-state index is 13.3. The Labute approximate surface area is 454 Å². The Bertz CT molecular complexity index is 3240. The van der Waals surface area contributed by atoms with Crippen LogP contribution in [0.25, 0.3) is 0 Å². The number of aromatic nitrogens is 3. The van der Waals surface area contributed by atoms with Crippen LogP contribution >= 0.6 is 0 Å². The molecule has 0 bridgehead atoms. The van der Waals surface area contributed by atoms with Gasteiger partial charge in [0.2, 0.25) is 0 Å². The summed E-state index contributed by atoms with van der Waals surface area (Å²) < 4.78 is 14.6. The van der Waals surface area contributed by atoms with Crippen LogP contribution in [0.3, 0.4) is 0 Å². The first-order chi connectivity index (χ1) is 37.6. The second kappa shape index (κ2) is 25.9. The summed E-state index contributed by atoms with van der Waals surface area (Å²) in [5.41, 5.74) is 14.0. The van der Waals surface area contributed by atoms with Crippen LogP contribution in [0.2, 0.25) is 0 Å². The molecule has 0 fully saturated rings. The fourth-order valence-electron chi connectivity index (χ4n) is 9.81. The van der Waals surface area contributed by atoms with E-state index in [9.17, 15) is 28.8 Å². The van der Waals surface area contributed by atoms with Gasteiger partial charge < -0.3 is 29.2 Å². The summed E-state index contributed by atoms with van der Waals surface area (Å²) in [5.74, 6) is -2.02. The molecule has 0 saturated heterocycles. The molecule has 0 spiro atoms. The minimum absolute atomic E-state index is 0.168. The highest BCUT2D eigenvalue weighted by Crippen LogP contribution is 2.29. The van der Waals surface area contributed by atoms with Crippen molar-refractivity contribution >= 4 is 35.3 Å². The van der Waals surface area contributed by atoms with Gasteiger partial charge in [-0.1, -0.05) is 164 Å². The van der Waals surface area contributed by atoms with Crippen LogP contribution < -0.4 is 0 Å². The van der Waals surface area contributed by atoms with Gasteiger partial charge in [-0.25, -0.2) is 14.4 Å². The lowest BCUT2D eigenvalue weighted by Crippen LogP contribution is -2.13. The van der Waals surface area contributed by atoms with Gasteiger partial charge in [-0.2, -0.15) is 0 Å². The first-order valence-corrected chi connectivity index (χ1v) is 25.4. The molecule has 0 aliphatic carbocycles. The number of rotatable bonds is 15. The summed E-state index contributed by atoms with van der Waals surface area (Å²) in [4.78, 5) is 85.7. The molecule has 0 radical (unpaired) electrons. The lowest BCUT2D eigenvalue weighted by Gasteiger charge is -2.10. The number of nitrogens with one attached hydrogen (secondary N) is 3. The number of carbonyl (C=O) groups excluding carboxylic acids is 6. The molecular weight excluding hydrogens is 979 g/mol. The molecule has 0 aliphatic heterocycles. The van der Waals surface area contributed by atoms with Gasteiger partial charge in [-0.3, -0.25) is 14.4 Å². The van der Waals surface area contributed by atoms with E-state index in [1.54, 1.807) is 41.5 Å². The predicted molar refractivity (Wildman–Crippen MR) is 302 cm³/mol. The zero-order chi connectivity index (χ0) is 56.0. The standard InChI is InChI=1S/3C22H21NO3/c3*1-14-19(20(15(2)23-14)22(25)26-3)21(24)18-12-8-7-11-17(18)13-16-9-5-4-6-10-16/h3*4-12,23H,13H2,1-3H3. The number of ether oxygens (including phenoxy) is 3. The van der Waals surface area contributed by atoms with Crippen molar-refractivity contribution in [3.05, 3.63) is 281 Å². The highest BCUT2D eigenvalue weighted by atomic mass is 16.5. The molecule has 0 aliphatic rings. The molecule has 0 saturated carbocycles. The highest BCUT2D eigenvalue weighted by Gasteiger charge is 2.30. The number of H-pyrrole nitrogens is 3. The minimum Gasteiger partial charge on any atom is -0.465 e. The first-order valence-electron chi connectivity index (χ1n) is 25.4. The van der Waals surface area contributed by atoms with Gasteiger partial charge in [0.05, 0.1) is 54.7 Å². The second-order valence-corrected chi connectivity index (χ2v) is 18.8. The Hall–Kier alpha value is -9.42. The van der Waals surface area contributed by atoms with Crippen molar-refractivity contribution in [1.29, 1.82) is 0 Å². The van der Waals surface area contributed by atoms with E-state index in [4.69, 9.17) is 14.2 Å². The van der Waals surface area contributed by atoms with Crippen molar-refractivity contribution in [1.82, 2.24) is 15.0 Å². The van der Waals surface area contributed by atoms with Crippen LogP contribution in [0.4, 0.5) is 0 Å². The summed E-state index contributed by atoms with van der Waals surface area (Å²) in [6.45, 7) is 10.7. The van der Waals surface area contributed by atoms with Gasteiger partial charge in [0.25, 0.3) is 0 Å². The number of aromatic amines is 3. The molecule has 12 heteroatoms. The normalized spacial score (nSPS) is 10.6. The molecule has 3 aromatic heterocycles. The summed E-state index contributed by atoms with van der Waals surface area (Å²) in [6.07, 6.45) is 1.95. The second-order valence-electron chi connectivity index (χ2n) is 18.8. The van der Waals surface area contributed by atoms with E-state index in [0.717, 1.165) is 33.4 Å². The van der Waals surface area contributed by atoms with Crippen LogP contribution in [0.5, 0.6) is 0 Å². The van der Waals surface area contributed by atoms with Crippen molar-refractivity contribution in [3.63, 3.8) is 0 Å². The van der Waals surface area contributed by atoms with E-state index in [-0.39, 0.29) is 17.3 Å². The van der Waals surface area contributed by atoms with Crippen LogP contribution in [-0.4, -0.2) is 71.5 Å². The van der Waals surface area contributed by atoms with Gasteiger partial charge >= 0.3 is 17.9 Å². The average Bonchev–Trinajstić information content (AvgIpc) is 4.10. The van der Waals surface area contributed by atoms with Gasteiger partial charge in [-0.15, -0.1) is 0 Å². The fraction of sp³-hybridized carbons (Fsp3) is 0.182. The molecule has 9 aromatic rings. The minimum atomic E-state index is -0.504. The van der Waals surface area contributed by atoms with Crippen molar-refractivity contribution in [2.24, 2.45) is 0 Å². The highest BCUT2D eigenvalue weighted by molar-refractivity contribution is 6.18. The lowest BCUT2D eigenvalue weighted by molar-refractivity contribution is 0.0589. The van der Waals surface area contributed by atoms with E-state index in [0.29, 0.717) is 103 Å². The molecule has 0 unspecified atom stereocenters. The monoisotopic (exact) mass is 1040 g/mol. The number of methoxy groups -OCH3 is 3. The third kappa shape index (κ3) is 12.8. The van der Waals surface area contributed by atoms with Crippen LogP contribution in [0, 0.1) is 41.5 Å². The predicted octanol–water partition coefficient (Wildman–Crippen LogP) is 12.7. The lowest BCUT2D eigenvalue weighted by atomic mass is 9.92. The molecule has 78 heavy (non-hydrogen) atoms. The van der Waals surface area contributed by atoms with Crippen LogP contribution in [0.1, 0.15) is 146 Å². The molecule has 0 amide bonds. The van der Waals surface area contributed by atoms with Gasteiger partial charge in [0.15, 0.2) is 17.3 Å². The van der Waals surface area contributed by atoms with Crippen molar-refractivity contribution in [3.8, 4) is 0 Å². The largest absolute Gasteiger partial charge is 0.465 e. The molecule has 0 atom stereocenters. The Morgan fingerprint density at radius 2 is 0.500 bits per heavy atom. The maximum atomic E-state index is 13.3. The molecule has 9 rings (SSSR count). The van der Waals surface area contributed by atoms with Gasteiger partial charge in [0, 0.05) is 50.9 Å². The number of benzene rings is 6. The maximum Gasteiger partial charge on any atom is 0.340 e. The van der Waals surface area contributed by atoms with Crippen LogP contribution in [-0.2, 0) is 33.5 Å². The van der Waals surface area contributed by atoms with Crippen molar-refractivity contribution in [2.75, 3.05) is 21.3 Å².